The molecule has 14 heteroatoms. The summed E-state index contributed by atoms with van der Waals surface area (Å²) in [4.78, 5) is 72.7. The number of carbonyl (C=O) groups excluding carboxylic acids is 1. The fourth-order valence-electron chi connectivity index (χ4n) is 18.3. The van der Waals surface area contributed by atoms with Gasteiger partial charge in [-0.25, -0.2) is 0 Å². The van der Waals surface area contributed by atoms with Crippen LogP contribution >= 0.6 is 0 Å². The predicted molar refractivity (Wildman–Crippen MR) is 293 cm³/mol. The van der Waals surface area contributed by atoms with E-state index in [0.29, 0.717) is 5.78 Å². The molecular weight excluding hydrogens is 935 g/mol. The molecule has 5 fully saturated rings. The van der Waals surface area contributed by atoms with Gasteiger partial charge in [-0.3, -0.25) is 24.0 Å². The number of nitrogens with one attached hydrogen (secondary N) is 5. The Balaban J connectivity index is 0.000000470. The summed E-state index contributed by atoms with van der Waals surface area (Å²) in [5.74, 6) is -9.21. The molecule has 420 valence electrons. The van der Waals surface area contributed by atoms with Gasteiger partial charge in [0.1, 0.15) is 5.41 Å². The van der Waals surface area contributed by atoms with E-state index >= 15 is 14.4 Å². The topological polar surface area (TPSA) is 226 Å². The van der Waals surface area contributed by atoms with Crippen molar-refractivity contribution in [1.29, 1.82) is 0 Å². The van der Waals surface area contributed by atoms with E-state index in [0.717, 1.165) is 18.4 Å². The van der Waals surface area contributed by atoms with Crippen molar-refractivity contribution in [2.75, 3.05) is 0 Å². The summed E-state index contributed by atoms with van der Waals surface area (Å²) in [5, 5.41) is 67.2. The van der Waals surface area contributed by atoms with Gasteiger partial charge >= 0.3 is 23.9 Å². The third-order valence-corrected chi connectivity index (χ3v) is 17.8. The fourth-order valence-corrected chi connectivity index (χ4v) is 18.3. The number of carbonyl (C=O) groups is 5. The maximum absolute atomic E-state index is 15.7. The molecule has 6 rings (SSSR count). The monoisotopic (exact) mass is 1040 g/mol. The molecule has 0 saturated carbocycles. The maximum atomic E-state index is 15.7. The van der Waals surface area contributed by atoms with Crippen molar-refractivity contribution in [2.24, 2.45) is 45.8 Å². The molecule has 0 amide bonds. The highest BCUT2D eigenvalue weighted by molar-refractivity contribution is 5.98. The molecule has 14 nitrogen and oxygen atoms in total. The summed E-state index contributed by atoms with van der Waals surface area (Å²) in [5.41, 5.74) is -12.2. The van der Waals surface area contributed by atoms with Gasteiger partial charge in [-0.2, -0.15) is 0 Å². The molecule has 0 spiro atoms. The first kappa shape index (κ1) is 61.4. The Labute approximate surface area is 445 Å². The average molecular weight is 1040 g/mol. The van der Waals surface area contributed by atoms with E-state index in [-0.39, 0.29) is 68.4 Å². The Morgan fingerprint density at radius 2 is 0.689 bits per heavy atom. The van der Waals surface area contributed by atoms with E-state index in [2.05, 4.69) is 54.3 Å². The van der Waals surface area contributed by atoms with Crippen molar-refractivity contribution in [3.8, 4) is 0 Å². The number of rotatable bonds is 13. The summed E-state index contributed by atoms with van der Waals surface area (Å²) in [6, 6.07) is 9.66. The second-order valence-electron chi connectivity index (χ2n) is 30.9. The Hall–Kier alpha value is -3.43. The molecular formula is C60H101N5O9. The number of hydrogen-bond acceptors (Lipinski definition) is 10. The standard InChI is InChI=1S/C44H78N4O8.C16H23NO/c1-34(2)17-26(18-35(3,4)45-34)42(31(51)52,25-30(49)50)44(33(55)56,29-23-40(13,14)48-41(15,16)24-29)43(32(53)54,27-19-36(5,6)46-37(7,8)20-27)28-21-38(9,10)47-39(11,12)22-28;1-15(2)10-13(11-16(3,4)17-15)14(18)12-8-6-5-7-9-12/h26-29,45-48H,17-25H2,1-16H3,(H,49,50)(H,51,52)(H,53,54)(H,55,56);5-9,13,17H,10-11H2,1-4H3. The van der Waals surface area contributed by atoms with E-state index in [1.165, 1.54) is 0 Å². The molecule has 5 heterocycles. The SMILES string of the molecule is CC1(C)CC(C(=O)c2ccccc2)CC(C)(C)N1.CC1(C)CC(C(CC(=O)O)(C(=O)O)C(C(=O)O)(C2CC(C)(C)NC(C)(C)C2)C(C(=O)O)(C2CC(C)(C)NC(C)(C)C2)C2CC(C)(C)NC(C)(C)C2)CC(C)(C)N1. The summed E-state index contributed by atoms with van der Waals surface area (Å²) in [6.07, 6.45) is 2.38. The van der Waals surface area contributed by atoms with Gasteiger partial charge in [-0.15, -0.1) is 0 Å². The van der Waals surface area contributed by atoms with Crippen molar-refractivity contribution in [2.45, 2.75) is 264 Å². The highest BCUT2D eigenvalue weighted by Gasteiger charge is 2.83. The Morgan fingerprint density at radius 3 is 0.959 bits per heavy atom. The molecule has 2 unspecified atom stereocenters. The molecule has 74 heavy (non-hydrogen) atoms. The van der Waals surface area contributed by atoms with E-state index in [1.807, 2.05) is 141 Å². The molecule has 2 atom stereocenters. The molecule has 0 bridgehead atoms. The van der Waals surface area contributed by atoms with E-state index < -0.39 is 115 Å². The lowest BCUT2D eigenvalue weighted by Gasteiger charge is -2.69. The molecule has 5 saturated heterocycles. The first-order valence-electron chi connectivity index (χ1n) is 27.6. The van der Waals surface area contributed by atoms with Crippen LogP contribution in [-0.4, -0.2) is 105 Å². The fraction of sp³-hybridized carbons (Fsp3) is 0.817. The minimum atomic E-state index is -2.62. The van der Waals surface area contributed by atoms with Gasteiger partial charge in [0.15, 0.2) is 5.78 Å². The van der Waals surface area contributed by atoms with Crippen LogP contribution in [-0.2, 0) is 19.2 Å². The van der Waals surface area contributed by atoms with Crippen LogP contribution in [0.4, 0.5) is 0 Å². The van der Waals surface area contributed by atoms with Crippen molar-refractivity contribution < 1.29 is 44.4 Å². The molecule has 0 aliphatic carbocycles. The zero-order valence-electron chi connectivity index (χ0n) is 49.4. The number of benzene rings is 1. The summed E-state index contributed by atoms with van der Waals surface area (Å²) < 4.78 is 0. The smallest absolute Gasteiger partial charge is 0.312 e. The lowest BCUT2D eigenvalue weighted by molar-refractivity contribution is -0.256. The first-order chi connectivity index (χ1) is 33.1. The van der Waals surface area contributed by atoms with E-state index in [9.17, 15) is 30.0 Å². The molecule has 5 aliphatic heterocycles. The van der Waals surface area contributed by atoms with Gasteiger partial charge in [-0.1, -0.05) is 30.3 Å². The van der Waals surface area contributed by atoms with Gasteiger partial charge < -0.3 is 47.0 Å². The van der Waals surface area contributed by atoms with Crippen LogP contribution in [0.5, 0.6) is 0 Å². The Kier molecular flexibility index (Phi) is 16.4. The van der Waals surface area contributed by atoms with Crippen LogP contribution in [0, 0.1) is 45.8 Å². The highest BCUT2D eigenvalue weighted by Crippen LogP contribution is 2.74. The van der Waals surface area contributed by atoms with Crippen molar-refractivity contribution >= 4 is 29.7 Å². The van der Waals surface area contributed by atoms with Crippen LogP contribution < -0.4 is 26.6 Å². The van der Waals surface area contributed by atoms with Crippen LogP contribution in [0.15, 0.2) is 30.3 Å². The van der Waals surface area contributed by atoms with Crippen LogP contribution in [0.25, 0.3) is 0 Å². The van der Waals surface area contributed by atoms with Crippen molar-refractivity contribution in [3.63, 3.8) is 0 Å². The van der Waals surface area contributed by atoms with E-state index in [1.54, 1.807) is 0 Å². The van der Waals surface area contributed by atoms with Gasteiger partial charge in [-0.05, 0) is 226 Å². The van der Waals surface area contributed by atoms with Crippen LogP contribution in [0.1, 0.15) is 219 Å². The molecule has 9 N–H and O–H groups in total. The average Bonchev–Trinajstić information content (AvgIpc) is 3.12. The molecule has 0 aromatic heterocycles. The zero-order chi connectivity index (χ0) is 56.7. The maximum Gasteiger partial charge on any atom is 0.312 e. The number of aliphatic carboxylic acids is 4. The summed E-state index contributed by atoms with van der Waals surface area (Å²) >= 11 is 0. The summed E-state index contributed by atoms with van der Waals surface area (Å²) in [7, 11) is 0. The quantitative estimate of drug-likeness (QED) is 0.0839. The minimum absolute atomic E-state index is 0.0247. The second kappa shape index (κ2) is 19.8. The first-order valence-corrected chi connectivity index (χ1v) is 27.6. The largest absolute Gasteiger partial charge is 0.481 e. The number of carboxylic acids is 4. The van der Waals surface area contributed by atoms with Crippen molar-refractivity contribution in [1.82, 2.24) is 26.6 Å². The number of Topliss-reactive ketones (excluding diaryl/α,β-unsaturated/α-hetero) is 1. The van der Waals surface area contributed by atoms with E-state index in [4.69, 9.17) is 0 Å². The zero-order valence-corrected chi connectivity index (χ0v) is 49.4. The van der Waals surface area contributed by atoms with Gasteiger partial charge in [0.05, 0.1) is 17.3 Å². The molecule has 1 aromatic rings. The Bertz CT molecular complexity index is 2160. The minimum Gasteiger partial charge on any atom is -0.481 e. The number of piperidine rings is 5. The Morgan fingerprint density at radius 1 is 0.405 bits per heavy atom. The van der Waals surface area contributed by atoms with Crippen LogP contribution in [0.3, 0.4) is 0 Å². The molecule has 5 aliphatic rings. The number of carboxylic acid groups (broad SMARTS) is 4. The number of hydrogen-bond donors (Lipinski definition) is 9. The van der Waals surface area contributed by atoms with Gasteiger partial charge in [0, 0.05) is 66.9 Å². The lowest BCUT2D eigenvalue weighted by atomic mass is 9.32. The lowest BCUT2D eigenvalue weighted by Crippen LogP contribution is -2.79. The van der Waals surface area contributed by atoms with Gasteiger partial charge in [0.2, 0.25) is 0 Å². The van der Waals surface area contributed by atoms with Gasteiger partial charge in [0.25, 0.3) is 0 Å². The molecule has 1 aromatic carbocycles. The third-order valence-electron chi connectivity index (χ3n) is 17.8. The predicted octanol–water partition coefficient (Wildman–Crippen LogP) is 10.3. The normalized spacial score (nSPS) is 27.9. The second-order valence-corrected chi connectivity index (χ2v) is 30.9. The number of ketones is 1. The molecule has 0 radical (unpaired) electrons. The third kappa shape index (κ3) is 12.6. The highest BCUT2D eigenvalue weighted by atomic mass is 16.4. The van der Waals surface area contributed by atoms with Crippen LogP contribution in [0.2, 0.25) is 0 Å². The summed E-state index contributed by atoms with van der Waals surface area (Å²) in [6.45, 7) is 40.3. The van der Waals surface area contributed by atoms with Crippen molar-refractivity contribution in [3.05, 3.63) is 35.9 Å².